The highest BCUT2D eigenvalue weighted by Gasteiger charge is 2.12. The van der Waals surface area contributed by atoms with E-state index in [0.717, 1.165) is 44.4 Å². The number of aromatic nitrogens is 1. The summed E-state index contributed by atoms with van der Waals surface area (Å²) < 4.78 is 0. The van der Waals surface area contributed by atoms with Crippen molar-refractivity contribution in [1.82, 2.24) is 15.6 Å². The maximum Gasteiger partial charge on any atom is 0.191 e. The molecule has 1 saturated heterocycles. The third-order valence-electron chi connectivity index (χ3n) is 3.94. The molecule has 5 nitrogen and oxygen atoms in total. The molecule has 0 atom stereocenters. The predicted octanol–water partition coefficient (Wildman–Crippen LogP) is 3.01. The van der Waals surface area contributed by atoms with Gasteiger partial charge in [0.1, 0.15) is 5.82 Å². The summed E-state index contributed by atoms with van der Waals surface area (Å²) >= 11 is 0. The number of nitrogens with one attached hydrogen (secondary N) is 2. The molecule has 0 bridgehead atoms. The third-order valence-corrected chi connectivity index (χ3v) is 3.94. The zero-order valence-electron chi connectivity index (χ0n) is 14.5. The maximum absolute atomic E-state index is 4.58. The summed E-state index contributed by atoms with van der Waals surface area (Å²) in [5.74, 6) is 2.65. The van der Waals surface area contributed by atoms with E-state index in [2.05, 4.69) is 51.5 Å². The number of hydrogen-bond donors (Lipinski definition) is 2. The Labute approximate surface area is 157 Å². The zero-order chi connectivity index (χ0) is 15.8. The molecule has 0 aliphatic carbocycles. The average molecular weight is 431 g/mol. The van der Waals surface area contributed by atoms with Crippen molar-refractivity contribution >= 4 is 35.8 Å². The summed E-state index contributed by atoms with van der Waals surface area (Å²) in [6, 6.07) is 4.27. The van der Waals surface area contributed by atoms with Crippen LogP contribution in [0.4, 0.5) is 5.82 Å². The predicted molar refractivity (Wildman–Crippen MR) is 109 cm³/mol. The zero-order valence-corrected chi connectivity index (χ0v) is 16.8. The van der Waals surface area contributed by atoms with Crippen molar-refractivity contribution in [3.8, 4) is 0 Å². The van der Waals surface area contributed by atoms with Crippen molar-refractivity contribution in [1.29, 1.82) is 0 Å². The molecular weight excluding hydrogens is 401 g/mol. The highest BCUT2D eigenvalue weighted by atomic mass is 127. The van der Waals surface area contributed by atoms with Crippen molar-refractivity contribution in [3.05, 3.63) is 23.9 Å². The van der Waals surface area contributed by atoms with Crippen LogP contribution in [0.5, 0.6) is 0 Å². The van der Waals surface area contributed by atoms with Crippen LogP contribution in [0.1, 0.15) is 38.7 Å². The molecule has 1 aromatic rings. The normalized spacial score (nSPS) is 14.8. The Balaban J connectivity index is 0.00000264. The molecule has 1 aliphatic heterocycles. The van der Waals surface area contributed by atoms with Gasteiger partial charge in [-0.2, -0.15) is 0 Å². The molecular formula is C17H30IN5. The summed E-state index contributed by atoms with van der Waals surface area (Å²) in [5, 5.41) is 6.67. The van der Waals surface area contributed by atoms with Gasteiger partial charge in [0.2, 0.25) is 0 Å². The molecule has 130 valence electrons. The molecule has 0 radical (unpaired) electrons. The fourth-order valence-electron chi connectivity index (χ4n) is 2.54. The lowest BCUT2D eigenvalue weighted by Gasteiger charge is -2.16. The van der Waals surface area contributed by atoms with Crippen LogP contribution in [0.15, 0.2) is 23.3 Å². The Bertz CT molecular complexity index is 466. The quantitative estimate of drug-likeness (QED) is 0.413. The number of hydrogen-bond acceptors (Lipinski definition) is 3. The second-order valence-electron chi connectivity index (χ2n) is 6.25. The molecule has 0 spiro atoms. The van der Waals surface area contributed by atoms with Crippen molar-refractivity contribution < 1.29 is 0 Å². The number of halogens is 1. The van der Waals surface area contributed by atoms with Gasteiger partial charge >= 0.3 is 0 Å². The Morgan fingerprint density at radius 1 is 1.26 bits per heavy atom. The smallest absolute Gasteiger partial charge is 0.191 e. The van der Waals surface area contributed by atoms with Gasteiger partial charge in [0, 0.05) is 39.4 Å². The Morgan fingerprint density at radius 2 is 2.00 bits per heavy atom. The first-order valence-corrected chi connectivity index (χ1v) is 8.33. The van der Waals surface area contributed by atoms with Gasteiger partial charge in [-0.15, -0.1) is 24.0 Å². The molecule has 0 unspecified atom stereocenters. The minimum Gasteiger partial charge on any atom is -0.357 e. The molecule has 6 heteroatoms. The van der Waals surface area contributed by atoms with Gasteiger partial charge in [-0.05, 0) is 36.8 Å². The average Bonchev–Trinajstić information content (AvgIpc) is 3.05. The van der Waals surface area contributed by atoms with E-state index in [1.807, 2.05) is 6.20 Å². The monoisotopic (exact) mass is 431 g/mol. The molecule has 2 N–H and O–H groups in total. The second kappa shape index (κ2) is 10.7. The third kappa shape index (κ3) is 6.93. The van der Waals surface area contributed by atoms with Gasteiger partial charge in [0.15, 0.2) is 5.96 Å². The van der Waals surface area contributed by atoms with Gasteiger partial charge in [0.25, 0.3) is 0 Å². The molecule has 2 heterocycles. The first-order valence-electron chi connectivity index (χ1n) is 8.33. The standard InChI is InChI=1S/C17H29N5.HI/c1-14(2)8-9-19-17(18-3)21-13-15-6-7-16(20-12-15)22-10-4-5-11-22;/h6-7,12,14H,4-5,8-11,13H2,1-3H3,(H2,18,19,21);1H. The molecule has 0 amide bonds. The van der Waals surface area contributed by atoms with Crippen molar-refractivity contribution in [2.24, 2.45) is 10.9 Å². The van der Waals surface area contributed by atoms with Crippen molar-refractivity contribution in [2.75, 3.05) is 31.6 Å². The van der Waals surface area contributed by atoms with Crippen LogP contribution in [-0.4, -0.2) is 37.6 Å². The topological polar surface area (TPSA) is 52.6 Å². The van der Waals surface area contributed by atoms with E-state index in [0.29, 0.717) is 5.92 Å². The highest BCUT2D eigenvalue weighted by Crippen LogP contribution is 2.17. The van der Waals surface area contributed by atoms with Crippen LogP contribution < -0.4 is 15.5 Å². The van der Waals surface area contributed by atoms with E-state index in [1.54, 1.807) is 7.05 Å². The maximum atomic E-state index is 4.58. The minimum absolute atomic E-state index is 0. The van der Waals surface area contributed by atoms with Crippen LogP contribution in [0.25, 0.3) is 0 Å². The second-order valence-corrected chi connectivity index (χ2v) is 6.25. The van der Waals surface area contributed by atoms with Crippen LogP contribution in [-0.2, 0) is 6.54 Å². The Morgan fingerprint density at radius 3 is 2.57 bits per heavy atom. The summed E-state index contributed by atoms with van der Waals surface area (Å²) in [6.45, 7) is 8.42. The number of rotatable bonds is 6. The van der Waals surface area contributed by atoms with E-state index in [4.69, 9.17) is 0 Å². The number of aliphatic imine (C=N–C) groups is 1. The van der Waals surface area contributed by atoms with E-state index < -0.39 is 0 Å². The van der Waals surface area contributed by atoms with Crippen LogP contribution in [0, 0.1) is 5.92 Å². The van der Waals surface area contributed by atoms with Crippen LogP contribution in [0.2, 0.25) is 0 Å². The summed E-state index contributed by atoms with van der Waals surface area (Å²) in [5.41, 5.74) is 1.18. The van der Waals surface area contributed by atoms with Crippen molar-refractivity contribution in [2.45, 2.75) is 39.7 Å². The number of pyridine rings is 1. The number of nitrogens with zero attached hydrogens (tertiary/aromatic N) is 3. The molecule has 1 aliphatic rings. The molecule has 1 aromatic heterocycles. The van der Waals surface area contributed by atoms with Gasteiger partial charge in [-0.3, -0.25) is 4.99 Å². The number of anilines is 1. The van der Waals surface area contributed by atoms with Crippen LogP contribution in [0.3, 0.4) is 0 Å². The first-order chi connectivity index (χ1) is 10.7. The fourth-order valence-corrected chi connectivity index (χ4v) is 2.54. The van der Waals surface area contributed by atoms with Gasteiger partial charge in [-0.1, -0.05) is 19.9 Å². The largest absolute Gasteiger partial charge is 0.357 e. The lowest BCUT2D eigenvalue weighted by Crippen LogP contribution is -2.37. The fraction of sp³-hybridized carbons (Fsp3) is 0.647. The molecule has 0 aromatic carbocycles. The summed E-state index contributed by atoms with van der Waals surface area (Å²) in [7, 11) is 1.80. The lowest BCUT2D eigenvalue weighted by atomic mass is 10.1. The van der Waals surface area contributed by atoms with E-state index in [1.165, 1.54) is 18.4 Å². The van der Waals surface area contributed by atoms with Crippen molar-refractivity contribution in [3.63, 3.8) is 0 Å². The molecule has 23 heavy (non-hydrogen) atoms. The van der Waals surface area contributed by atoms with Crippen LogP contribution >= 0.6 is 24.0 Å². The van der Waals surface area contributed by atoms with Gasteiger partial charge in [-0.25, -0.2) is 4.98 Å². The molecule has 0 saturated carbocycles. The van der Waals surface area contributed by atoms with E-state index >= 15 is 0 Å². The lowest BCUT2D eigenvalue weighted by molar-refractivity contribution is 0.573. The SMILES string of the molecule is CN=C(NCCC(C)C)NCc1ccc(N2CCCC2)nc1.I. The van der Waals surface area contributed by atoms with Gasteiger partial charge in [0.05, 0.1) is 0 Å². The number of guanidine groups is 1. The summed E-state index contributed by atoms with van der Waals surface area (Å²) in [6.07, 6.45) is 5.67. The Kier molecular flexibility index (Phi) is 9.28. The molecule has 2 rings (SSSR count). The van der Waals surface area contributed by atoms with E-state index in [9.17, 15) is 0 Å². The molecule has 1 fully saturated rings. The van der Waals surface area contributed by atoms with E-state index in [-0.39, 0.29) is 24.0 Å². The highest BCUT2D eigenvalue weighted by molar-refractivity contribution is 14.0. The first kappa shape index (κ1) is 20.0. The summed E-state index contributed by atoms with van der Waals surface area (Å²) in [4.78, 5) is 11.2. The Hall–Kier alpha value is -1.05. The van der Waals surface area contributed by atoms with Gasteiger partial charge < -0.3 is 15.5 Å². The minimum atomic E-state index is 0.